The number of thiazole rings is 1. The van der Waals surface area contributed by atoms with E-state index in [1.165, 1.54) is 22.2 Å². The van der Waals surface area contributed by atoms with Gasteiger partial charge in [-0.3, -0.25) is 4.79 Å². The first kappa shape index (κ1) is 19.4. The van der Waals surface area contributed by atoms with Crippen molar-refractivity contribution in [1.29, 1.82) is 0 Å². The smallest absolute Gasteiger partial charge is 0.230 e. The zero-order valence-electron chi connectivity index (χ0n) is 15.6. The fraction of sp³-hybridized carbons (Fsp3) is 0.333. The molecule has 2 atom stereocenters. The lowest BCUT2D eigenvalue weighted by Crippen LogP contribution is -3.13. The van der Waals surface area contributed by atoms with E-state index in [0.29, 0.717) is 12.3 Å². The molecule has 2 N–H and O–H groups in total. The molecule has 146 valence electrons. The number of aromatic nitrogens is 1. The average Bonchev–Trinajstić information content (AvgIpc) is 3.15. The van der Waals surface area contributed by atoms with Crippen molar-refractivity contribution in [3.05, 3.63) is 60.2 Å². The van der Waals surface area contributed by atoms with E-state index in [-0.39, 0.29) is 12.0 Å². The van der Waals surface area contributed by atoms with E-state index in [1.54, 1.807) is 11.3 Å². The summed E-state index contributed by atoms with van der Waals surface area (Å²) in [6, 6.07) is 18.6. The van der Waals surface area contributed by atoms with Crippen LogP contribution < -0.4 is 10.2 Å². The topological polar surface area (TPSA) is 55.7 Å². The SMILES string of the molecule is O=C(CSc1nc2ccccc2s1)NC[C@@H]1C[NH+](Cc2ccccc2)CCO1. The van der Waals surface area contributed by atoms with Gasteiger partial charge in [-0.1, -0.05) is 54.2 Å². The first-order valence-corrected chi connectivity index (χ1v) is 11.3. The lowest BCUT2D eigenvalue weighted by Gasteiger charge is -2.30. The Labute approximate surface area is 173 Å². The van der Waals surface area contributed by atoms with Gasteiger partial charge in [0.1, 0.15) is 25.7 Å². The minimum Gasteiger partial charge on any atom is -0.365 e. The van der Waals surface area contributed by atoms with Crippen molar-refractivity contribution < 1.29 is 14.4 Å². The van der Waals surface area contributed by atoms with Crippen LogP contribution in [0.25, 0.3) is 10.2 Å². The molecule has 4 rings (SSSR count). The monoisotopic (exact) mass is 414 g/mol. The number of carbonyl (C=O) groups excluding carboxylic acids is 1. The van der Waals surface area contributed by atoms with Gasteiger partial charge in [0.25, 0.3) is 0 Å². The Morgan fingerprint density at radius 3 is 2.89 bits per heavy atom. The van der Waals surface area contributed by atoms with Gasteiger partial charge in [0, 0.05) is 12.1 Å². The molecule has 0 aliphatic carbocycles. The first-order chi connectivity index (χ1) is 13.8. The largest absolute Gasteiger partial charge is 0.365 e. The Hall–Kier alpha value is -1.93. The number of amides is 1. The highest BCUT2D eigenvalue weighted by Crippen LogP contribution is 2.28. The van der Waals surface area contributed by atoms with Gasteiger partial charge in [-0.25, -0.2) is 4.98 Å². The number of para-hydroxylation sites is 1. The number of hydrogen-bond donors (Lipinski definition) is 2. The molecule has 1 aromatic heterocycles. The molecule has 1 fully saturated rings. The molecule has 1 unspecified atom stereocenters. The van der Waals surface area contributed by atoms with Gasteiger partial charge in [0.2, 0.25) is 5.91 Å². The number of thioether (sulfide) groups is 1. The molecule has 1 aliphatic rings. The summed E-state index contributed by atoms with van der Waals surface area (Å²) < 4.78 is 7.94. The number of morpholine rings is 1. The van der Waals surface area contributed by atoms with Gasteiger partial charge < -0.3 is 15.0 Å². The quantitative estimate of drug-likeness (QED) is 0.581. The summed E-state index contributed by atoms with van der Waals surface area (Å²) in [6.07, 6.45) is 0.0730. The standard InChI is InChI=1S/C21H23N3O2S2/c25-20(15-27-21-23-18-8-4-5-9-19(18)28-21)22-12-17-14-24(10-11-26-17)13-16-6-2-1-3-7-16/h1-9,17H,10-15H2,(H,22,25)/p+1/t17-/m1/s1. The van der Waals surface area contributed by atoms with Crippen molar-refractivity contribution in [2.75, 3.05) is 32.0 Å². The van der Waals surface area contributed by atoms with Crippen molar-refractivity contribution in [3.8, 4) is 0 Å². The van der Waals surface area contributed by atoms with Gasteiger partial charge in [-0.05, 0) is 12.1 Å². The maximum atomic E-state index is 12.2. The summed E-state index contributed by atoms with van der Waals surface area (Å²) in [5.74, 6) is 0.413. The van der Waals surface area contributed by atoms with Crippen LogP contribution in [0.4, 0.5) is 0 Å². The number of quaternary nitrogens is 1. The van der Waals surface area contributed by atoms with Crippen LogP contribution in [0.1, 0.15) is 5.56 Å². The summed E-state index contributed by atoms with van der Waals surface area (Å²) >= 11 is 3.12. The number of hydrogen-bond acceptors (Lipinski definition) is 5. The molecule has 0 radical (unpaired) electrons. The van der Waals surface area contributed by atoms with E-state index in [0.717, 1.165) is 40.8 Å². The van der Waals surface area contributed by atoms with Gasteiger partial charge in [0.05, 0.1) is 22.6 Å². The number of benzene rings is 2. The zero-order valence-corrected chi connectivity index (χ0v) is 17.2. The Balaban J connectivity index is 1.20. The molecule has 2 aromatic carbocycles. The summed E-state index contributed by atoms with van der Waals surface area (Å²) in [6.45, 7) is 4.23. The number of fused-ring (bicyclic) bond motifs is 1. The minimum atomic E-state index is 0.0306. The summed E-state index contributed by atoms with van der Waals surface area (Å²) in [7, 11) is 0. The van der Waals surface area contributed by atoms with Crippen LogP contribution in [0.5, 0.6) is 0 Å². The van der Waals surface area contributed by atoms with Gasteiger partial charge in [-0.2, -0.15) is 0 Å². The molecule has 28 heavy (non-hydrogen) atoms. The van der Waals surface area contributed by atoms with Crippen molar-refractivity contribution in [3.63, 3.8) is 0 Å². The van der Waals surface area contributed by atoms with E-state index in [4.69, 9.17) is 4.74 Å². The molecule has 1 saturated heterocycles. The van der Waals surface area contributed by atoms with Crippen molar-refractivity contribution in [1.82, 2.24) is 10.3 Å². The normalized spacial score (nSPS) is 19.6. The Morgan fingerprint density at radius 1 is 1.21 bits per heavy atom. The number of nitrogens with one attached hydrogen (secondary N) is 2. The average molecular weight is 415 g/mol. The minimum absolute atomic E-state index is 0.0306. The predicted molar refractivity (Wildman–Crippen MR) is 114 cm³/mol. The van der Waals surface area contributed by atoms with E-state index < -0.39 is 0 Å². The van der Waals surface area contributed by atoms with Gasteiger partial charge >= 0.3 is 0 Å². The highest BCUT2D eigenvalue weighted by Gasteiger charge is 2.24. The van der Waals surface area contributed by atoms with Crippen LogP contribution in [0, 0.1) is 0 Å². The van der Waals surface area contributed by atoms with Crippen LogP contribution in [0.3, 0.4) is 0 Å². The fourth-order valence-corrected chi connectivity index (χ4v) is 5.25. The van der Waals surface area contributed by atoms with E-state index in [1.807, 2.05) is 24.3 Å². The Kier molecular flexibility index (Phi) is 6.59. The van der Waals surface area contributed by atoms with Gasteiger partial charge in [0.15, 0.2) is 4.34 Å². The molecule has 0 spiro atoms. The number of ether oxygens (including phenoxy) is 1. The molecule has 2 heterocycles. The molecular formula is C21H24N3O2S2+. The second-order valence-corrected chi connectivity index (χ2v) is 9.15. The summed E-state index contributed by atoms with van der Waals surface area (Å²) in [4.78, 5) is 18.3. The Bertz CT molecular complexity index is 883. The fourth-order valence-electron chi connectivity index (χ4n) is 3.35. The molecule has 0 bridgehead atoms. The zero-order chi connectivity index (χ0) is 19.2. The molecule has 5 nitrogen and oxygen atoms in total. The van der Waals surface area contributed by atoms with E-state index >= 15 is 0 Å². The number of carbonyl (C=O) groups is 1. The first-order valence-electron chi connectivity index (χ1n) is 9.50. The number of nitrogens with zero attached hydrogens (tertiary/aromatic N) is 1. The molecule has 0 saturated carbocycles. The lowest BCUT2D eigenvalue weighted by atomic mass is 10.2. The molecular weight excluding hydrogens is 390 g/mol. The second kappa shape index (κ2) is 9.52. The van der Waals surface area contributed by atoms with Crippen molar-refractivity contribution in [2.24, 2.45) is 0 Å². The predicted octanol–water partition coefficient (Wildman–Crippen LogP) is 1.99. The highest BCUT2D eigenvalue weighted by molar-refractivity contribution is 8.01. The maximum absolute atomic E-state index is 12.2. The third-order valence-corrected chi connectivity index (χ3v) is 6.93. The maximum Gasteiger partial charge on any atom is 0.230 e. The van der Waals surface area contributed by atoms with Crippen LogP contribution in [-0.2, 0) is 16.1 Å². The third-order valence-electron chi connectivity index (χ3n) is 4.75. The summed E-state index contributed by atoms with van der Waals surface area (Å²) in [5, 5.41) is 3.02. The third kappa shape index (κ3) is 5.32. The van der Waals surface area contributed by atoms with Crippen LogP contribution in [-0.4, -0.2) is 49.0 Å². The summed E-state index contributed by atoms with van der Waals surface area (Å²) in [5.41, 5.74) is 2.34. The van der Waals surface area contributed by atoms with Crippen LogP contribution in [0.15, 0.2) is 58.9 Å². The van der Waals surface area contributed by atoms with E-state index in [9.17, 15) is 4.79 Å². The Morgan fingerprint density at radius 2 is 2.04 bits per heavy atom. The molecule has 7 heteroatoms. The highest BCUT2D eigenvalue weighted by atomic mass is 32.2. The van der Waals surface area contributed by atoms with Crippen LogP contribution >= 0.6 is 23.1 Å². The van der Waals surface area contributed by atoms with Gasteiger partial charge in [-0.15, -0.1) is 11.3 Å². The van der Waals surface area contributed by atoms with E-state index in [2.05, 4.69) is 40.6 Å². The van der Waals surface area contributed by atoms with Crippen molar-refractivity contribution >= 4 is 39.2 Å². The molecule has 3 aromatic rings. The number of rotatable bonds is 7. The second-order valence-electron chi connectivity index (χ2n) is 6.90. The molecule has 1 aliphatic heterocycles. The molecule has 1 amide bonds. The van der Waals surface area contributed by atoms with Crippen molar-refractivity contribution in [2.45, 2.75) is 17.0 Å². The van der Waals surface area contributed by atoms with Crippen LogP contribution in [0.2, 0.25) is 0 Å². The lowest BCUT2D eigenvalue weighted by molar-refractivity contribution is -0.925.